The van der Waals surface area contributed by atoms with Gasteiger partial charge in [0.15, 0.2) is 11.5 Å². The lowest BCUT2D eigenvalue weighted by Gasteiger charge is -2.23. The van der Waals surface area contributed by atoms with Gasteiger partial charge in [-0.3, -0.25) is 0 Å². The molecule has 2 rings (SSSR count). The molecular weight excluding hydrogens is 248 g/mol. The number of hydrogen-bond acceptors (Lipinski definition) is 5. The molecule has 0 bridgehead atoms. The molecule has 0 aliphatic carbocycles. The molecule has 1 aliphatic heterocycles. The van der Waals surface area contributed by atoms with Gasteiger partial charge >= 0.3 is 5.97 Å². The fourth-order valence-corrected chi connectivity index (χ4v) is 1.88. The third-order valence-corrected chi connectivity index (χ3v) is 2.76. The van der Waals surface area contributed by atoms with Crippen LogP contribution in [-0.4, -0.2) is 32.9 Å². The lowest BCUT2D eigenvalue weighted by atomic mass is 10.1. The maximum Gasteiger partial charge on any atom is 0.351 e. The van der Waals surface area contributed by atoms with E-state index in [1.165, 1.54) is 0 Å². The van der Waals surface area contributed by atoms with Gasteiger partial charge in [-0.15, -0.1) is 0 Å². The topological polar surface area (TPSA) is 54.0 Å². The first-order valence-electron chi connectivity index (χ1n) is 5.97. The third-order valence-electron chi connectivity index (χ3n) is 2.76. The Morgan fingerprint density at radius 3 is 2.58 bits per heavy atom. The predicted octanol–water partition coefficient (Wildman–Crippen LogP) is 2.04. The summed E-state index contributed by atoms with van der Waals surface area (Å²) in [4.78, 5) is 11.7. The minimum atomic E-state index is -0.756. The number of rotatable bonds is 4. The average Bonchev–Trinajstić information content (AvgIpc) is 2.45. The van der Waals surface area contributed by atoms with Crippen molar-refractivity contribution in [2.24, 2.45) is 0 Å². The number of carbonyl (C=O) groups excluding carboxylic acids is 1. The minimum Gasteiger partial charge on any atom is -0.496 e. The molecule has 1 heterocycles. The van der Waals surface area contributed by atoms with Crippen molar-refractivity contribution in [1.82, 2.24) is 0 Å². The standard InChI is InChI=1S/C14H16O5/c1-4-18-14(15)12-6-5-9-10(16-2)7-8-11(17-3)13(9)19-12/h5-8,12H,4H2,1-3H3. The van der Waals surface area contributed by atoms with E-state index in [9.17, 15) is 4.79 Å². The van der Waals surface area contributed by atoms with E-state index in [2.05, 4.69) is 0 Å². The van der Waals surface area contributed by atoms with E-state index in [1.807, 2.05) is 0 Å². The summed E-state index contributed by atoms with van der Waals surface area (Å²) in [6.07, 6.45) is 2.66. The first-order valence-corrected chi connectivity index (χ1v) is 5.97. The normalized spacial score (nSPS) is 16.3. The first kappa shape index (κ1) is 13.3. The number of benzene rings is 1. The van der Waals surface area contributed by atoms with E-state index in [4.69, 9.17) is 18.9 Å². The minimum absolute atomic E-state index is 0.314. The third kappa shape index (κ3) is 2.50. The highest BCUT2D eigenvalue weighted by molar-refractivity contribution is 5.82. The zero-order chi connectivity index (χ0) is 13.8. The zero-order valence-electron chi connectivity index (χ0n) is 11.1. The van der Waals surface area contributed by atoms with Crippen LogP contribution in [0.15, 0.2) is 18.2 Å². The summed E-state index contributed by atoms with van der Waals surface area (Å²) >= 11 is 0. The molecule has 1 unspecified atom stereocenters. The Morgan fingerprint density at radius 2 is 1.95 bits per heavy atom. The van der Waals surface area contributed by atoms with Gasteiger partial charge in [0.25, 0.3) is 0 Å². The van der Waals surface area contributed by atoms with Gasteiger partial charge < -0.3 is 18.9 Å². The van der Waals surface area contributed by atoms with Crippen molar-refractivity contribution in [2.45, 2.75) is 13.0 Å². The lowest BCUT2D eigenvalue weighted by molar-refractivity contribution is -0.149. The van der Waals surface area contributed by atoms with Crippen LogP contribution in [0.5, 0.6) is 17.2 Å². The smallest absolute Gasteiger partial charge is 0.351 e. The number of methoxy groups -OCH3 is 2. The fraction of sp³-hybridized carbons (Fsp3) is 0.357. The number of esters is 1. The van der Waals surface area contributed by atoms with Crippen LogP contribution in [0.25, 0.3) is 6.08 Å². The molecule has 0 spiro atoms. The van der Waals surface area contributed by atoms with Gasteiger partial charge in [-0.1, -0.05) is 0 Å². The predicted molar refractivity (Wildman–Crippen MR) is 69.6 cm³/mol. The Hall–Kier alpha value is -2.17. The lowest BCUT2D eigenvalue weighted by Crippen LogP contribution is -2.29. The van der Waals surface area contributed by atoms with Crippen LogP contribution in [0.2, 0.25) is 0 Å². The Morgan fingerprint density at radius 1 is 1.26 bits per heavy atom. The van der Waals surface area contributed by atoms with Crippen molar-refractivity contribution < 1.29 is 23.7 Å². The largest absolute Gasteiger partial charge is 0.496 e. The SMILES string of the molecule is CCOC(=O)C1C=Cc2c(OC)ccc(OC)c2O1. The van der Waals surface area contributed by atoms with Gasteiger partial charge in [-0.25, -0.2) is 4.79 Å². The molecule has 0 fully saturated rings. The second kappa shape index (κ2) is 5.65. The van der Waals surface area contributed by atoms with Crippen LogP contribution in [-0.2, 0) is 9.53 Å². The molecule has 1 aromatic rings. The van der Waals surface area contributed by atoms with E-state index < -0.39 is 12.1 Å². The second-order valence-electron chi connectivity index (χ2n) is 3.86. The van der Waals surface area contributed by atoms with Gasteiger partial charge in [0.05, 0.1) is 26.4 Å². The highest BCUT2D eigenvalue weighted by atomic mass is 16.6. The van der Waals surface area contributed by atoms with Gasteiger partial charge in [0.1, 0.15) is 5.75 Å². The number of carbonyl (C=O) groups is 1. The maximum absolute atomic E-state index is 11.7. The van der Waals surface area contributed by atoms with E-state index >= 15 is 0 Å². The van der Waals surface area contributed by atoms with Gasteiger partial charge in [-0.05, 0) is 31.2 Å². The number of hydrogen-bond donors (Lipinski definition) is 0. The summed E-state index contributed by atoms with van der Waals surface area (Å²) in [6.45, 7) is 2.07. The van der Waals surface area contributed by atoms with Crippen LogP contribution in [0, 0.1) is 0 Å². The van der Waals surface area contributed by atoms with Crippen molar-refractivity contribution >= 4 is 12.0 Å². The molecule has 102 valence electrons. The molecule has 5 heteroatoms. The van der Waals surface area contributed by atoms with Crippen LogP contribution >= 0.6 is 0 Å². The number of ether oxygens (including phenoxy) is 4. The molecular formula is C14H16O5. The summed E-state index contributed by atoms with van der Waals surface area (Å²) in [5.74, 6) is 1.28. The molecule has 1 aliphatic rings. The highest BCUT2D eigenvalue weighted by Crippen LogP contribution is 2.41. The van der Waals surface area contributed by atoms with Crippen molar-refractivity contribution in [3.63, 3.8) is 0 Å². The van der Waals surface area contributed by atoms with Gasteiger partial charge in [-0.2, -0.15) is 0 Å². The molecule has 19 heavy (non-hydrogen) atoms. The Balaban J connectivity index is 2.36. The number of fused-ring (bicyclic) bond motifs is 1. The van der Waals surface area contributed by atoms with Crippen LogP contribution in [0.3, 0.4) is 0 Å². The van der Waals surface area contributed by atoms with E-state index in [0.29, 0.717) is 23.9 Å². The molecule has 0 aromatic heterocycles. The second-order valence-corrected chi connectivity index (χ2v) is 3.86. The molecule has 1 atom stereocenters. The van der Waals surface area contributed by atoms with Crippen molar-refractivity contribution in [3.8, 4) is 17.2 Å². The van der Waals surface area contributed by atoms with Crippen molar-refractivity contribution in [3.05, 3.63) is 23.8 Å². The molecule has 0 amide bonds. The van der Waals surface area contributed by atoms with E-state index in [-0.39, 0.29) is 0 Å². The summed E-state index contributed by atoms with van der Waals surface area (Å²) in [7, 11) is 3.12. The highest BCUT2D eigenvalue weighted by Gasteiger charge is 2.27. The van der Waals surface area contributed by atoms with Crippen LogP contribution < -0.4 is 14.2 Å². The van der Waals surface area contributed by atoms with Crippen molar-refractivity contribution in [1.29, 1.82) is 0 Å². The van der Waals surface area contributed by atoms with Gasteiger partial charge in [0, 0.05) is 0 Å². The van der Waals surface area contributed by atoms with Crippen LogP contribution in [0.1, 0.15) is 12.5 Å². The Kier molecular flexibility index (Phi) is 3.94. The zero-order valence-corrected chi connectivity index (χ0v) is 11.1. The van der Waals surface area contributed by atoms with E-state index in [0.717, 1.165) is 5.56 Å². The van der Waals surface area contributed by atoms with Crippen molar-refractivity contribution in [2.75, 3.05) is 20.8 Å². The van der Waals surface area contributed by atoms with E-state index in [1.54, 1.807) is 45.4 Å². The molecule has 1 aromatic carbocycles. The monoisotopic (exact) mass is 264 g/mol. The summed E-state index contributed by atoms with van der Waals surface area (Å²) in [6, 6.07) is 3.52. The fourth-order valence-electron chi connectivity index (χ4n) is 1.88. The summed E-state index contributed by atoms with van der Waals surface area (Å²) in [5, 5.41) is 0. The molecule has 0 N–H and O–H groups in total. The summed E-state index contributed by atoms with van der Waals surface area (Å²) in [5.41, 5.74) is 0.752. The maximum atomic E-state index is 11.7. The van der Waals surface area contributed by atoms with Gasteiger partial charge in [0.2, 0.25) is 6.10 Å². The molecule has 0 saturated heterocycles. The molecule has 0 radical (unpaired) electrons. The Labute approximate surface area is 111 Å². The Bertz CT molecular complexity index is 507. The quantitative estimate of drug-likeness (QED) is 0.779. The molecule has 0 saturated carbocycles. The average molecular weight is 264 g/mol. The summed E-state index contributed by atoms with van der Waals surface area (Å²) < 4.78 is 21.1. The molecule has 5 nitrogen and oxygen atoms in total. The first-order chi connectivity index (χ1) is 9.21. The van der Waals surface area contributed by atoms with Crippen LogP contribution in [0.4, 0.5) is 0 Å².